The molecule has 1 aromatic carbocycles. The molecular weight excluding hydrogens is 266 g/mol. The third-order valence-corrected chi connectivity index (χ3v) is 3.39. The number of ether oxygens (including phenoxy) is 1. The first-order valence-corrected chi connectivity index (χ1v) is 6.87. The highest BCUT2D eigenvalue weighted by atomic mass is 16.5. The zero-order valence-corrected chi connectivity index (χ0v) is 12.5. The highest BCUT2D eigenvalue weighted by molar-refractivity contribution is 5.34. The summed E-state index contributed by atoms with van der Waals surface area (Å²) >= 11 is 0. The van der Waals surface area contributed by atoms with Crippen LogP contribution in [-0.4, -0.2) is 11.8 Å². The molecule has 0 radical (unpaired) electrons. The van der Waals surface area contributed by atoms with Gasteiger partial charge in [0.25, 0.3) is 0 Å². The normalized spacial score (nSPS) is 11.9. The van der Waals surface area contributed by atoms with Crippen molar-refractivity contribution in [1.29, 1.82) is 5.26 Å². The van der Waals surface area contributed by atoms with Crippen molar-refractivity contribution in [2.45, 2.75) is 33.4 Å². The van der Waals surface area contributed by atoms with E-state index in [-0.39, 0.29) is 12.6 Å². The van der Waals surface area contributed by atoms with Gasteiger partial charge in [0, 0.05) is 23.7 Å². The average Bonchev–Trinajstić information content (AvgIpc) is 2.82. The number of nitriles is 1. The van der Waals surface area contributed by atoms with E-state index < -0.39 is 0 Å². The van der Waals surface area contributed by atoms with E-state index in [9.17, 15) is 0 Å². The molecule has 5 nitrogen and oxygen atoms in total. The molecule has 0 fully saturated rings. The number of aryl methyl sites for hydroxylation is 2. The minimum Gasteiger partial charge on any atom is -0.478 e. The third kappa shape index (κ3) is 3.61. The summed E-state index contributed by atoms with van der Waals surface area (Å²) in [7, 11) is 0. The van der Waals surface area contributed by atoms with Gasteiger partial charge in [-0.1, -0.05) is 23.4 Å². The fourth-order valence-corrected chi connectivity index (χ4v) is 2.37. The van der Waals surface area contributed by atoms with Gasteiger partial charge < -0.3 is 14.6 Å². The molecule has 0 amide bonds. The van der Waals surface area contributed by atoms with Crippen LogP contribution >= 0.6 is 0 Å². The van der Waals surface area contributed by atoms with Gasteiger partial charge in [-0.15, -0.1) is 0 Å². The SMILES string of the molecule is Cc1noc(C)c1C(C)NCc1ccccc1OCC#N. The first-order chi connectivity index (χ1) is 10.1. The Balaban J connectivity index is 2.05. The Bertz CT molecular complexity index is 624. The van der Waals surface area contributed by atoms with Crippen molar-refractivity contribution in [1.82, 2.24) is 10.5 Å². The molecule has 1 unspecified atom stereocenters. The Morgan fingerprint density at radius 1 is 1.38 bits per heavy atom. The number of nitrogens with one attached hydrogen (secondary N) is 1. The fraction of sp³-hybridized carbons (Fsp3) is 0.375. The summed E-state index contributed by atoms with van der Waals surface area (Å²) in [5, 5.41) is 16.0. The van der Waals surface area contributed by atoms with Crippen LogP contribution in [-0.2, 0) is 6.54 Å². The molecule has 21 heavy (non-hydrogen) atoms. The van der Waals surface area contributed by atoms with E-state index in [1.807, 2.05) is 44.2 Å². The zero-order chi connectivity index (χ0) is 15.2. The Kier molecular flexibility index (Phi) is 4.96. The number of hydrogen-bond acceptors (Lipinski definition) is 5. The zero-order valence-electron chi connectivity index (χ0n) is 12.5. The molecule has 0 aliphatic carbocycles. The van der Waals surface area contributed by atoms with Crippen LogP contribution in [0.15, 0.2) is 28.8 Å². The summed E-state index contributed by atoms with van der Waals surface area (Å²) in [6.07, 6.45) is 0. The third-order valence-electron chi connectivity index (χ3n) is 3.39. The van der Waals surface area contributed by atoms with Gasteiger partial charge in [0.05, 0.1) is 5.69 Å². The highest BCUT2D eigenvalue weighted by Gasteiger charge is 2.16. The number of rotatable bonds is 6. The first kappa shape index (κ1) is 15.1. The Morgan fingerprint density at radius 2 is 2.14 bits per heavy atom. The van der Waals surface area contributed by atoms with Gasteiger partial charge in [0.1, 0.15) is 17.6 Å². The second-order valence-electron chi connectivity index (χ2n) is 4.89. The van der Waals surface area contributed by atoms with E-state index in [0.717, 1.165) is 28.3 Å². The molecule has 0 aliphatic rings. The van der Waals surface area contributed by atoms with Crippen LogP contribution in [0.5, 0.6) is 5.75 Å². The molecule has 1 atom stereocenters. The Hall–Kier alpha value is -2.32. The van der Waals surface area contributed by atoms with Gasteiger partial charge in [-0.25, -0.2) is 0 Å². The highest BCUT2D eigenvalue weighted by Crippen LogP contribution is 2.23. The minimum absolute atomic E-state index is 0.0520. The van der Waals surface area contributed by atoms with Crippen LogP contribution < -0.4 is 10.1 Å². The molecule has 0 saturated carbocycles. The van der Waals surface area contributed by atoms with Crippen molar-refractivity contribution in [2.24, 2.45) is 0 Å². The molecule has 0 saturated heterocycles. The van der Waals surface area contributed by atoms with Crippen LogP contribution in [0.3, 0.4) is 0 Å². The van der Waals surface area contributed by atoms with Crippen LogP contribution in [0.2, 0.25) is 0 Å². The van der Waals surface area contributed by atoms with Crippen molar-refractivity contribution in [2.75, 3.05) is 6.61 Å². The maximum absolute atomic E-state index is 8.61. The molecule has 1 N–H and O–H groups in total. The maximum atomic E-state index is 8.61. The molecule has 2 rings (SSSR count). The van der Waals surface area contributed by atoms with Crippen molar-refractivity contribution in [3.63, 3.8) is 0 Å². The number of para-hydroxylation sites is 1. The fourth-order valence-electron chi connectivity index (χ4n) is 2.37. The number of benzene rings is 1. The summed E-state index contributed by atoms with van der Waals surface area (Å²) in [4.78, 5) is 0. The Labute approximate surface area is 124 Å². The van der Waals surface area contributed by atoms with Gasteiger partial charge >= 0.3 is 0 Å². The molecule has 110 valence electrons. The molecule has 5 heteroatoms. The Morgan fingerprint density at radius 3 is 2.81 bits per heavy atom. The van der Waals surface area contributed by atoms with Gasteiger partial charge in [-0.05, 0) is 26.8 Å². The monoisotopic (exact) mass is 285 g/mol. The second kappa shape index (κ2) is 6.91. The molecule has 0 spiro atoms. The van der Waals surface area contributed by atoms with E-state index in [1.165, 1.54) is 0 Å². The van der Waals surface area contributed by atoms with Crippen LogP contribution in [0.4, 0.5) is 0 Å². The molecular formula is C16H19N3O2. The van der Waals surface area contributed by atoms with E-state index >= 15 is 0 Å². The van der Waals surface area contributed by atoms with Crippen molar-refractivity contribution >= 4 is 0 Å². The van der Waals surface area contributed by atoms with E-state index in [0.29, 0.717) is 6.54 Å². The molecule has 0 bridgehead atoms. The van der Waals surface area contributed by atoms with Gasteiger partial charge in [-0.3, -0.25) is 0 Å². The van der Waals surface area contributed by atoms with Crippen molar-refractivity contribution < 1.29 is 9.26 Å². The number of hydrogen-bond donors (Lipinski definition) is 1. The summed E-state index contributed by atoms with van der Waals surface area (Å²) in [6, 6.07) is 9.82. The smallest absolute Gasteiger partial charge is 0.174 e. The summed E-state index contributed by atoms with van der Waals surface area (Å²) in [6.45, 7) is 6.63. The largest absolute Gasteiger partial charge is 0.478 e. The molecule has 2 aromatic rings. The predicted octanol–water partition coefficient (Wildman–Crippen LogP) is 3.04. The van der Waals surface area contributed by atoms with Crippen molar-refractivity contribution in [3.05, 3.63) is 46.8 Å². The van der Waals surface area contributed by atoms with E-state index in [4.69, 9.17) is 14.5 Å². The minimum atomic E-state index is 0.0520. The lowest BCUT2D eigenvalue weighted by molar-refractivity contribution is 0.361. The van der Waals surface area contributed by atoms with Gasteiger partial charge in [-0.2, -0.15) is 5.26 Å². The lowest BCUT2D eigenvalue weighted by atomic mass is 10.1. The summed E-state index contributed by atoms with van der Waals surface area (Å²) in [5.74, 6) is 1.57. The topological polar surface area (TPSA) is 71.1 Å². The first-order valence-electron chi connectivity index (χ1n) is 6.87. The van der Waals surface area contributed by atoms with Crippen LogP contribution in [0.1, 0.15) is 35.5 Å². The van der Waals surface area contributed by atoms with Gasteiger partial charge in [0.15, 0.2) is 6.61 Å². The number of aromatic nitrogens is 1. The van der Waals surface area contributed by atoms with Crippen LogP contribution in [0.25, 0.3) is 0 Å². The molecule has 1 aromatic heterocycles. The van der Waals surface area contributed by atoms with Gasteiger partial charge in [0.2, 0.25) is 0 Å². The average molecular weight is 285 g/mol. The summed E-state index contributed by atoms with van der Waals surface area (Å²) in [5.41, 5.74) is 3.01. The van der Waals surface area contributed by atoms with E-state index in [2.05, 4.69) is 17.4 Å². The van der Waals surface area contributed by atoms with E-state index in [1.54, 1.807) is 0 Å². The van der Waals surface area contributed by atoms with Crippen molar-refractivity contribution in [3.8, 4) is 11.8 Å². The molecule has 0 aliphatic heterocycles. The quantitative estimate of drug-likeness (QED) is 0.883. The maximum Gasteiger partial charge on any atom is 0.174 e. The lowest BCUT2D eigenvalue weighted by Gasteiger charge is -2.15. The molecule has 1 heterocycles. The summed E-state index contributed by atoms with van der Waals surface area (Å²) < 4.78 is 10.6. The predicted molar refractivity (Wildman–Crippen MR) is 78.8 cm³/mol. The lowest BCUT2D eigenvalue weighted by Crippen LogP contribution is -2.19. The van der Waals surface area contributed by atoms with Crippen LogP contribution in [0, 0.1) is 25.2 Å². The standard InChI is InChI=1S/C16H19N3O2/c1-11(16-12(2)19-21-13(16)3)18-10-14-6-4-5-7-15(14)20-9-8-17/h4-7,11,18H,9-10H2,1-3H3. The second-order valence-corrected chi connectivity index (χ2v) is 4.89. The number of nitrogens with zero attached hydrogens (tertiary/aromatic N) is 2.